The molecule has 5 heteroatoms. The number of aliphatic carboxylic acids is 1. The van der Waals surface area contributed by atoms with Gasteiger partial charge in [-0.2, -0.15) is 0 Å². The Morgan fingerprint density at radius 3 is 2.74 bits per heavy atom. The zero-order valence-electron chi connectivity index (χ0n) is 11.6. The lowest BCUT2D eigenvalue weighted by Crippen LogP contribution is -2.23. The molecular weight excluding hydrogens is 246 g/mol. The third kappa shape index (κ3) is 4.79. The lowest BCUT2D eigenvalue weighted by Gasteiger charge is -2.15. The zero-order chi connectivity index (χ0) is 14.3. The molecule has 1 aromatic carbocycles. The smallest absolute Gasteiger partial charge is 0.344 e. The number of methoxy groups -OCH3 is 1. The standard InChI is InChI=1S/C14H21NO4/c1-4-7-15-9-11-5-6-12(13(8-11)18-3)19-10(2)14(16)17/h5-6,8,10,15H,4,7,9H2,1-3H3,(H,16,17). The lowest BCUT2D eigenvalue weighted by molar-refractivity contribution is -0.144. The predicted molar refractivity (Wildman–Crippen MR) is 72.7 cm³/mol. The zero-order valence-corrected chi connectivity index (χ0v) is 11.6. The second kappa shape index (κ2) is 7.63. The van der Waals surface area contributed by atoms with Crippen LogP contribution in [0.5, 0.6) is 11.5 Å². The number of hydrogen-bond acceptors (Lipinski definition) is 4. The summed E-state index contributed by atoms with van der Waals surface area (Å²) < 4.78 is 10.6. The molecule has 1 aromatic rings. The van der Waals surface area contributed by atoms with E-state index in [4.69, 9.17) is 14.6 Å². The Morgan fingerprint density at radius 2 is 2.16 bits per heavy atom. The van der Waals surface area contributed by atoms with Crippen LogP contribution in [-0.4, -0.2) is 30.8 Å². The van der Waals surface area contributed by atoms with E-state index >= 15 is 0 Å². The maximum Gasteiger partial charge on any atom is 0.344 e. The van der Waals surface area contributed by atoms with Crippen molar-refractivity contribution in [1.29, 1.82) is 0 Å². The van der Waals surface area contributed by atoms with Crippen LogP contribution in [0.25, 0.3) is 0 Å². The monoisotopic (exact) mass is 267 g/mol. The molecular formula is C14H21NO4. The fourth-order valence-corrected chi connectivity index (χ4v) is 1.57. The minimum absolute atomic E-state index is 0.441. The average Bonchev–Trinajstić information content (AvgIpc) is 2.40. The van der Waals surface area contributed by atoms with Gasteiger partial charge in [0.05, 0.1) is 7.11 Å². The third-order valence-corrected chi connectivity index (χ3v) is 2.64. The molecule has 0 aromatic heterocycles. The van der Waals surface area contributed by atoms with E-state index < -0.39 is 12.1 Å². The first kappa shape index (κ1) is 15.3. The van der Waals surface area contributed by atoms with Crippen molar-refractivity contribution in [2.24, 2.45) is 0 Å². The van der Waals surface area contributed by atoms with E-state index in [1.165, 1.54) is 14.0 Å². The maximum absolute atomic E-state index is 10.8. The van der Waals surface area contributed by atoms with Gasteiger partial charge in [-0.15, -0.1) is 0 Å². The summed E-state index contributed by atoms with van der Waals surface area (Å²) in [6.45, 7) is 5.30. The molecule has 0 amide bonds. The van der Waals surface area contributed by atoms with E-state index in [0.717, 1.165) is 25.1 Å². The van der Waals surface area contributed by atoms with Gasteiger partial charge in [0.25, 0.3) is 0 Å². The van der Waals surface area contributed by atoms with Gasteiger partial charge in [0.15, 0.2) is 17.6 Å². The first-order valence-corrected chi connectivity index (χ1v) is 6.35. The van der Waals surface area contributed by atoms with Crippen LogP contribution in [0.3, 0.4) is 0 Å². The highest BCUT2D eigenvalue weighted by Crippen LogP contribution is 2.29. The Hall–Kier alpha value is -1.75. The van der Waals surface area contributed by atoms with Crippen molar-refractivity contribution in [2.75, 3.05) is 13.7 Å². The second-order valence-corrected chi connectivity index (χ2v) is 4.26. The predicted octanol–water partition coefficient (Wildman–Crippen LogP) is 2.05. The summed E-state index contributed by atoms with van der Waals surface area (Å²) >= 11 is 0. The van der Waals surface area contributed by atoms with Crippen molar-refractivity contribution in [3.05, 3.63) is 23.8 Å². The van der Waals surface area contributed by atoms with E-state index in [-0.39, 0.29) is 0 Å². The van der Waals surface area contributed by atoms with Gasteiger partial charge in [-0.1, -0.05) is 13.0 Å². The summed E-state index contributed by atoms with van der Waals surface area (Å²) in [5.41, 5.74) is 1.07. The molecule has 106 valence electrons. The second-order valence-electron chi connectivity index (χ2n) is 4.26. The van der Waals surface area contributed by atoms with Gasteiger partial charge in [0.1, 0.15) is 0 Å². The van der Waals surface area contributed by atoms with Gasteiger partial charge in [-0.25, -0.2) is 4.79 Å². The van der Waals surface area contributed by atoms with E-state index in [0.29, 0.717) is 11.5 Å². The summed E-state index contributed by atoms with van der Waals surface area (Å²) in [5, 5.41) is 12.1. The summed E-state index contributed by atoms with van der Waals surface area (Å²) in [6.07, 6.45) is 0.173. The maximum atomic E-state index is 10.8. The van der Waals surface area contributed by atoms with Crippen LogP contribution in [0.15, 0.2) is 18.2 Å². The molecule has 0 aliphatic rings. The molecule has 0 fully saturated rings. The van der Waals surface area contributed by atoms with Crippen LogP contribution in [0.4, 0.5) is 0 Å². The molecule has 0 bridgehead atoms. The van der Waals surface area contributed by atoms with Crippen LogP contribution in [0.2, 0.25) is 0 Å². The van der Waals surface area contributed by atoms with Gasteiger partial charge < -0.3 is 19.9 Å². The van der Waals surface area contributed by atoms with Gasteiger partial charge >= 0.3 is 5.97 Å². The summed E-state index contributed by atoms with van der Waals surface area (Å²) in [4.78, 5) is 10.8. The summed E-state index contributed by atoms with van der Waals surface area (Å²) in [6, 6.07) is 5.49. The molecule has 1 unspecified atom stereocenters. The van der Waals surface area contributed by atoms with Crippen LogP contribution >= 0.6 is 0 Å². The van der Waals surface area contributed by atoms with Crippen molar-refractivity contribution >= 4 is 5.97 Å². The largest absolute Gasteiger partial charge is 0.493 e. The van der Waals surface area contributed by atoms with Crippen molar-refractivity contribution in [3.63, 3.8) is 0 Å². The highest BCUT2D eigenvalue weighted by Gasteiger charge is 2.15. The number of hydrogen-bond donors (Lipinski definition) is 2. The van der Waals surface area contributed by atoms with Crippen LogP contribution in [-0.2, 0) is 11.3 Å². The van der Waals surface area contributed by atoms with E-state index in [2.05, 4.69) is 12.2 Å². The van der Waals surface area contributed by atoms with Crippen molar-refractivity contribution in [3.8, 4) is 11.5 Å². The highest BCUT2D eigenvalue weighted by molar-refractivity contribution is 5.72. The van der Waals surface area contributed by atoms with Crippen molar-refractivity contribution < 1.29 is 19.4 Å². The normalized spacial score (nSPS) is 11.9. The first-order valence-electron chi connectivity index (χ1n) is 6.35. The fourth-order valence-electron chi connectivity index (χ4n) is 1.57. The molecule has 1 atom stereocenters. The number of carboxylic acids is 1. The summed E-state index contributed by atoms with van der Waals surface area (Å²) in [5.74, 6) is -0.0173. The van der Waals surface area contributed by atoms with E-state index in [1.54, 1.807) is 6.07 Å². The number of nitrogens with one attached hydrogen (secondary N) is 1. The molecule has 5 nitrogen and oxygen atoms in total. The average molecular weight is 267 g/mol. The van der Waals surface area contributed by atoms with Gasteiger partial charge in [-0.05, 0) is 37.6 Å². The number of rotatable bonds is 8. The number of benzene rings is 1. The highest BCUT2D eigenvalue weighted by atomic mass is 16.5. The Morgan fingerprint density at radius 1 is 1.42 bits per heavy atom. The molecule has 0 spiro atoms. The number of carboxylic acid groups (broad SMARTS) is 1. The van der Waals surface area contributed by atoms with Crippen molar-refractivity contribution in [1.82, 2.24) is 5.32 Å². The molecule has 0 saturated carbocycles. The fraction of sp³-hybridized carbons (Fsp3) is 0.500. The van der Waals surface area contributed by atoms with Gasteiger partial charge in [0, 0.05) is 6.54 Å². The van der Waals surface area contributed by atoms with Crippen LogP contribution in [0.1, 0.15) is 25.8 Å². The number of ether oxygens (including phenoxy) is 2. The quantitative estimate of drug-likeness (QED) is 0.706. The SMILES string of the molecule is CCCNCc1ccc(OC(C)C(=O)O)c(OC)c1. The minimum atomic E-state index is -1.00. The molecule has 19 heavy (non-hydrogen) atoms. The molecule has 0 aliphatic carbocycles. The molecule has 0 saturated heterocycles. The van der Waals surface area contributed by atoms with Crippen LogP contribution < -0.4 is 14.8 Å². The van der Waals surface area contributed by atoms with Gasteiger partial charge in [0.2, 0.25) is 0 Å². The molecule has 0 radical (unpaired) electrons. The van der Waals surface area contributed by atoms with E-state index in [1.807, 2.05) is 12.1 Å². The number of carbonyl (C=O) groups is 1. The minimum Gasteiger partial charge on any atom is -0.493 e. The molecule has 0 aliphatic heterocycles. The Kier molecular flexibility index (Phi) is 6.15. The molecule has 2 N–H and O–H groups in total. The Balaban J connectivity index is 2.75. The lowest BCUT2D eigenvalue weighted by atomic mass is 10.2. The molecule has 1 rings (SSSR count). The Bertz CT molecular complexity index is 420. The van der Waals surface area contributed by atoms with Crippen molar-refractivity contribution in [2.45, 2.75) is 32.9 Å². The third-order valence-electron chi connectivity index (χ3n) is 2.64. The molecule has 0 heterocycles. The summed E-state index contributed by atoms with van der Waals surface area (Å²) in [7, 11) is 1.54. The van der Waals surface area contributed by atoms with Gasteiger partial charge in [-0.3, -0.25) is 0 Å². The Labute approximate surface area is 113 Å². The first-order chi connectivity index (χ1) is 9.08. The topological polar surface area (TPSA) is 67.8 Å². The van der Waals surface area contributed by atoms with Crippen LogP contribution in [0, 0.1) is 0 Å². The van der Waals surface area contributed by atoms with E-state index in [9.17, 15) is 4.79 Å².